The van der Waals surface area contributed by atoms with E-state index >= 15 is 0 Å². The maximum absolute atomic E-state index is 12.0. The summed E-state index contributed by atoms with van der Waals surface area (Å²) < 4.78 is 5.11. The summed E-state index contributed by atoms with van der Waals surface area (Å²) in [5, 5.41) is 5.79. The SMILES string of the molecule is COc1ccccc1C(=O)NCC(=O)Nc1ccc(Cl)cc1. The van der Waals surface area contributed by atoms with Crippen LogP contribution in [0.15, 0.2) is 48.5 Å². The highest BCUT2D eigenvalue weighted by Gasteiger charge is 2.12. The van der Waals surface area contributed by atoms with E-state index in [2.05, 4.69) is 10.6 Å². The van der Waals surface area contributed by atoms with Crippen LogP contribution in [-0.2, 0) is 4.79 Å². The summed E-state index contributed by atoms with van der Waals surface area (Å²) in [7, 11) is 1.49. The Labute approximate surface area is 133 Å². The molecule has 0 unspecified atom stereocenters. The normalized spacial score (nSPS) is 9.91. The molecule has 0 fully saturated rings. The molecule has 2 N–H and O–H groups in total. The Kier molecular flexibility index (Phi) is 5.38. The van der Waals surface area contributed by atoms with Gasteiger partial charge in [0.25, 0.3) is 5.91 Å². The van der Waals surface area contributed by atoms with Gasteiger partial charge in [0, 0.05) is 10.7 Å². The van der Waals surface area contributed by atoms with Crippen molar-refractivity contribution in [3.05, 3.63) is 59.1 Å². The Hall–Kier alpha value is -2.53. The second-order valence-electron chi connectivity index (χ2n) is 4.44. The van der Waals surface area contributed by atoms with Crippen LogP contribution in [0.25, 0.3) is 0 Å². The highest BCUT2D eigenvalue weighted by Crippen LogP contribution is 2.17. The molecule has 114 valence electrons. The van der Waals surface area contributed by atoms with E-state index in [1.807, 2.05) is 0 Å². The molecule has 6 heteroatoms. The fourth-order valence-electron chi connectivity index (χ4n) is 1.83. The second-order valence-corrected chi connectivity index (χ2v) is 4.87. The summed E-state index contributed by atoms with van der Waals surface area (Å²) in [4.78, 5) is 23.8. The number of hydrogen-bond acceptors (Lipinski definition) is 3. The Balaban J connectivity index is 1.90. The van der Waals surface area contributed by atoms with Crippen LogP contribution in [-0.4, -0.2) is 25.5 Å². The lowest BCUT2D eigenvalue weighted by atomic mass is 10.2. The predicted octanol–water partition coefficient (Wildman–Crippen LogP) is 2.72. The third-order valence-electron chi connectivity index (χ3n) is 2.89. The summed E-state index contributed by atoms with van der Waals surface area (Å²) >= 11 is 5.77. The van der Waals surface area contributed by atoms with Crippen LogP contribution < -0.4 is 15.4 Å². The van der Waals surface area contributed by atoms with Crippen molar-refractivity contribution in [3.63, 3.8) is 0 Å². The summed E-state index contributed by atoms with van der Waals surface area (Å²) in [5.41, 5.74) is 0.991. The number of ether oxygens (including phenoxy) is 1. The Morgan fingerprint density at radius 2 is 1.77 bits per heavy atom. The van der Waals surface area contributed by atoms with E-state index < -0.39 is 0 Å². The van der Waals surface area contributed by atoms with E-state index in [9.17, 15) is 9.59 Å². The van der Waals surface area contributed by atoms with Gasteiger partial charge in [-0.2, -0.15) is 0 Å². The molecule has 0 aliphatic heterocycles. The molecule has 0 aliphatic rings. The molecule has 2 aromatic rings. The first-order chi connectivity index (χ1) is 10.6. The number of para-hydroxylation sites is 1. The zero-order valence-corrected chi connectivity index (χ0v) is 12.7. The number of anilines is 1. The van der Waals surface area contributed by atoms with E-state index in [1.165, 1.54) is 7.11 Å². The van der Waals surface area contributed by atoms with E-state index in [0.717, 1.165) is 0 Å². The average Bonchev–Trinajstić information content (AvgIpc) is 2.54. The monoisotopic (exact) mass is 318 g/mol. The Morgan fingerprint density at radius 1 is 1.09 bits per heavy atom. The molecular weight excluding hydrogens is 304 g/mol. The van der Waals surface area contributed by atoms with Gasteiger partial charge in [0.1, 0.15) is 5.75 Å². The number of methoxy groups -OCH3 is 1. The van der Waals surface area contributed by atoms with Crippen molar-refractivity contribution in [2.24, 2.45) is 0 Å². The smallest absolute Gasteiger partial charge is 0.255 e. The van der Waals surface area contributed by atoms with Gasteiger partial charge in [-0.05, 0) is 36.4 Å². The van der Waals surface area contributed by atoms with E-state index in [0.29, 0.717) is 22.0 Å². The fourth-order valence-corrected chi connectivity index (χ4v) is 1.95. The zero-order valence-electron chi connectivity index (χ0n) is 11.9. The first kappa shape index (κ1) is 15.9. The molecule has 2 aromatic carbocycles. The number of rotatable bonds is 5. The molecule has 2 amide bonds. The van der Waals surface area contributed by atoms with Crippen molar-refractivity contribution in [2.45, 2.75) is 0 Å². The topological polar surface area (TPSA) is 67.4 Å². The standard InChI is InChI=1S/C16H15ClN2O3/c1-22-14-5-3-2-4-13(14)16(21)18-10-15(20)19-12-8-6-11(17)7-9-12/h2-9H,10H2,1H3,(H,18,21)(H,19,20). The van der Waals surface area contributed by atoms with Crippen molar-refractivity contribution < 1.29 is 14.3 Å². The molecule has 0 radical (unpaired) electrons. The molecule has 0 aliphatic carbocycles. The van der Waals surface area contributed by atoms with Crippen molar-refractivity contribution in [2.75, 3.05) is 19.0 Å². The minimum atomic E-state index is -0.372. The molecule has 0 heterocycles. The fraction of sp³-hybridized carbons (Fsp3) is 0.125. The number of carbonyl (C=O) groups excluding carboxylic acids is 2. The Bertz CT molecular complexity index is 671. The first-order valence-electron chi connectivity index (χ1n) is 6.57. The minimum absolute atomic E-state index is 0.139. The molecule has 22 heavy (non-hydrogen) atoms. The molecule has 5 nitrogen and oxygen atoms in total. The molecular formula is C16H15ClN2O3. The number of carbonyl (C=O) groups is 2. The first-order valence-corrected chi connectivity index (χ1v) is 6.94. The van der Waals surface area contributed by atoms with E-state index in [-0.39, 0.29) is 18.4 Å². The number of amides is 2. The molecule has 0 saturated carbocycles. The maximum Gasteiger partial charge on any atom is 0.255 e. The van der Waals surface area contributed by atoms with Gasteiger partial charge < -0.3 is 15.4 Å². The summed E-state index contributed by atoms with van der Waals surface area (Å²) in [5.74, 6) is -0.243. The van der Waals surface area contributed by atoms with Gasteiger partial charge >= 0.3 is 0 Å². The van der Waals surface area contributed by atoms with Gasteiger partial charge in [-0.1, -0.05) is 23.7 Å². The van der Waals surface area contributed by atoms with Crippen molar-refractivity contribution in [1.82, 2.24) is 5.32 Å². The number of nitrogens with one attached hydrogen (secondary N) is 2. The molecule has 0 aromatic heterocycles. The van der Waals surface area contributed by atoms with Crippen LogP contribution in [0.1, 0.15) is 10.4 Å². The summed E-state index contributed by atoms with van der Waals surface area (Å²) in [6.45, 7) is -0.139. The Morgan fingerprint density at radius 3 is 2.45 bits per heavy atom. The largest absolute Gasteiger partial charge is 0.496 e. The summed E-state index contributed by atoms with van der Waals surface area (Å²) in [6, 6.07) is 13.5. The highest BCUT2D eigenvalue weighted by molar-refractivity contribution is 6.30. The van der Waals surface area contributed by atoms with Crippen molar-refractivity contribution in [1.29, 1.82) is 0 Å². The number of hydrogen-bond donors (Lipinski definition) is 2. The van der Waals surface area contributed by atoms with Gasteiger partial charge in [-0.3, -0.25) is 9.59 Å². The zero-order chi connectivity index (χ0) is 15.9. The molecule has 0 bridgehead atoms. The maximum atomic E-state index is 12.0. The van der Waals surface area contributed by atoms with Gasteiger partial charge in [0.15, 0.2) is 0 Å². The second kappa shape index (κ2) is 7.47. The highest BCUT2D eigenvalue weighted by atomic mass is 35.5. The minimum Gasteiger partial charge on any atom is -0.496 e. The van der Waals surface area contributed by atoms with Crippen LogP contribution in [0.2, 0.25) is 5.02 Å². The van der Waals surface area contributed by atoms with Crippen molar-refractivity contribution in [3.8, 4) is 5.75 Å². The number of benzene rings is 2. The van der Waals surface area contributed by atoms with Crippen LogP contribution >= 0.6 is 11.6 Å². The number of halogens is 1. The van der Waals surface area contributed by atoms with Gasteiger partial charge in [0.2, 0.25) is 5.91 Å². The van der Waals surface area contributed by atoms with E-state index in [4.69, 9.17) is 16.3 Å². The van der Waals surface area contributed by atoms with Crippen LogP contribution in [0.4, 0.5) is 5.69 Å². The lowest BCUT2D eigenvalue weighted by Gasteiger charge is -2.09. The third-order valence-corrected chi connectivity index (χ3v) is 3.14. The third kappa shape index (κ3) is 4.23. The molecule has 0 atom stereocenters. The van der Waals surface area contributed by atoms with Gasteiger partial charge in [-0.15, -0.1) is 0 Å². The van der Waals surface area contributed by atoms with Gasteiger partial charge in [0.05, 0.1) is 19.2 Å². The lowest BCUT2D eigenvalue weighted by molar-refractivity contribution is -0.115. The van der Waals surface area contributed by atoms with Crippen LogP contribution in [0.5, 0.6) is 5.75 Å². The van der Waals surface area contributed by atoms with Crippen LogP contribution in [0.3, 0.4) is 0 Å². The van der Waals surface area contributed by atoms with Crippen molar-refractivity contribution >= 4 is 29.1 Å². The quantitative estimate of drug-likeness (QED) is 0.890. The average molecular weight is 319 g/mol. The lowest BCUT2D eigenvalue weighted by Crippen LogP contribution is -2.33. The molecule has 0 spiro atoms. The predicted molar refractivity (Wildman–Crippen MR) is 85.4 cm³/mol. The van der Waals surface area contributed by atoms with E-state index in [1.54, 1.807) is 48.5 Å². The van der Waals surface area contributed by atoms with Gasteiger partial charge in [-0.25, -0.2) is 0 Å². The van der Waals surface area contributed by atoms with Crippen LogP contribution in [0, 0.1) is 0 Å². The summed E-state index contributed by atoms with van der Waals surface area (Å²) in [6.07, 6.45) is 0. The molecule has 2 rings (SSSR count). The molecule has 0 saturated heterocycles.